The summed E-state index contributed by atoms with van der Waals surface area (Å²) in [7, 11) is 1.51. The van der Waals surface area contributed by atoms with Gasteiger partial charge >= 0.3 is 0 Å². The average molecular weight is 644 g/mol. The molecule has 9 heteroatoms. The topological polar surface area (TPSA) is 69.2 Å². The molecule has 0 aromatic heterocycles. The zero-order valence-electron chi connectivity index (χ0n) is 17.9. The van der Waals surface area contributed by atoms with E-state index in [4.69, 9.17) is 25.8 Å². The van der Waals surface area contributed by atoms with Crippen LogP contribution in [0.3, 0.4) is 0 Å². The van der Waals surface area contributed by atoms with Crippen molar-refractivity contribution in [1.82, 2.24) is 5.43 Å². The minimum atomic E-state index is -0.385. The number of nitrogens with zero attached hydrogens (tertiary/aromatic N) is 1. The van der Waals surface area contributed by atoms with Crippen LogP contribution in [-0.4, -0.2) is 25.8 Å². The normalized spacial score (nSPS) is 10.8. The van der Waals surface area contributed by atoms with Gasteiger partial charge in [-0.05, 0) is 71.5 Å². The van der Waals surface area contributed by atoms with Crippen LogP contribution in [-0.2, 0) is 6.61 Å². The molecular weight excluding hydrogens is 623 g/mol. The van der Waals surface area contributed by atoms with E-state index in [1.165, 1.54) is 7.11 Å². The largest absolute Gasteiger partial charge is 0.496 e. The minimum Gasteiger partial charge on any atom is -0.496 e. The molecule has 0 bridgehead atoms. The highest BCUT2D eigenvalue weighted by Crippen LogP contribution is 2.35. The first-order valence-corrected chi connectivity index (χ1v) is 12.2. The second kappa shape index (κ2) is 12.2. The van der Waals surface area contributed by atoms with Crippen LogP contribution in [0.25, 0.3) is 0 Å². The molecule has 1 amide bonds. The van der Waals surface area contributed by atoms with E-state index < -0.39 is 0 Å². The van der Waals surface area contributed by atoms with E-state index in [-0.39, 0.29) is 5.91 Å². The monoisotopic (exact) mass is 642 g/mol. The number of halogens is 3. The van der Waals surface area contributed by atoms with Crippen LogP contribution < -0.4 is 19.6 Å². The summed E-state index contributed by atoms with van der Waals surface area (Å²) in [6.07, 6.45) is 1.55. The molecule has 0 unspecified atom stereocenters. The number of amides is 1. The highest BCUT2D eigenvalue weighted by molar-refractivity contribution is 14.1. The molecule has 0 saturated heterocycles. The van der Waals surface area contributed by atoms with Crippen molar-refractivity contribution < 1.29 is 19.0 Å². The van der Waals surface area contributed by atoms with Gasteiger partial charge in [0.15, 0.2) is 11.5 Å². The fraction of sp³-hybridized carbons (Fsp3) is 0.167. The Morgan fingerprint density at radius 1 is 1.15 bits per heavy atom. The number of benzene rings is 3. The standard InChI is InChI=1S/C24H21BrClIN2O4/c1-3-32-22-11-15(10-20(27)23(22)33-14-16-6-4-5-7-19(16)26)13-28-29-24(30)18-12-17(25)8-9-21(18)31-2/h4-13H,3,14H2,1-2H3,(H,29,30)/b28-13-. The highest BCUT2D eigenvalue weighted by atomic mass is 127. The van der Waals surface area contributed by atoms with Crippen LogP contribution in [0, 0.1) is 3.57 Å². The van der Waals surface area contributed by atoms with Crippen molar-refractivity contribution >= 4 is 62.2 Å². The molecule has 3 aromatic carbocycles. The first-order chi connectivity index (χ1) is 15.9. The van der Waals surface area contributed by atoms with Crippen molar-refractivity contribution in [3.63, 3.8) is 0 Å². The number of rotatable bonds is 9. The number of ether oxygens (including phenoxy) is 3. The molecule has 0 heterocycles. The third-order valence-electron chi connectivity index (χ3n) is 4.45. The SMILES string of the molecule is CCOc1cc(/C=N\NC(=O)c2cc(Br)ccc2OC)cc(I)c1OCc1ccccc1Cl. The van der Waals surface area contributed by atoms with Gasteiger partial charge in [-0.1, -0.05) is 45.7 Å². The Morgan fingerprint density at radius 2 is 1.94 bits per heavy atom. The molecular formula is C24H21BrClIN2O4. The molecule has 0 aliphatic carbocycles. The van der Waals surface area contributed by atoms with E-state index in [2.05, 4.69) is 49.0 Å². The molecule has 0 spiro atoms. The van der Waals surface area contributed by atoms with E-state index in [0.717, 1.165) is 19.2 Å². The van der Waals surface area contributed by atoms with Crippen LogP contribution in [0.1, 0.15) is 28.4 Å². The van der Waals surface area contributed by atoms with Gasteiger partial charge in [0, 0.05) is 15.1 Å². The lowest BCUT2D eigenvalue weighted by Gasteiger charge is -2.15. The quantitative estimate of drug-likeness (QED) is 0.165. The lowest BCUT2D eigenvalue weighted by molar-refractivity contribution is 0.0952. The first kappa shape index (κ1) is 25.3. The molecule has 0 atom stereocenters. The number of hydrogen-bond acceptors (Lipinski definition) is 5. The summed E-state index contributed by atoms with van der Waals surface area (Å²) in [4.78, 5) is 12.5. The van der Waals surface area contributed by atoms with Gasteiger partial charge < -0.3 is 14.2 Å². The summed E-state index contributed by atoms with van der Waals surface area (Å²) in [6.45, 7) is 2.68. The lowest BCUT2D eigenvalue weighted by atomic mass is 10.2. The second-order valence-corrected chi connectivity index (χ2v) is 9.17. The summed E-state index contributed by atoms with van der Waals surface area (Å²) in [6, 6.07) is 16.4. The molecule has 3 rings (SSSR count). The Balaban J connectivity index is 1.76. The Hall–Kier alpha value is -2.30. The summed E-state index contributed by atoms with van der Waals surface area (Å²) in [5.74, 6) is 1.28. The number of methoxy groups -OCH3 is 1. The van der Waals surface area contributed by atoms with Crippen molar-refractivity contribution in [1.29, 1.82) is 0 Å². The molecule has 1 N–H and O–H groups in total. The van der Waals surface area contributed by atoms with Gasteiger partial charge in [0.05, 0.1) is 29.1 Å². The fourth-order valence-corrected chi connectivity index (χ4v) is 4.25. The Bertz CT molecular complexity index is 1170. The van der Waals surface area contributed by atoms with Crippen LogP contribution in [0.5, 0.6) is 17.2 Å². The molecule has 3 aromatic rings. The maximum absolute atomic E-state index is 12.5. The van der Waals surface area contributed by atoms with Gasteiger partial charge in [-0.15, -0.1) is 0 Å². The van der Waals surface area contributed by atoms with Gasteiger partial charge in [0.2, 0.25) is 0 Å². The summed E-state index contributed by atoms with van der Waals surface area (Å²) >= 11 is 11.8. The molecule has 33 heavy (non-hydrogen) atoms. The third-order valence-corrected chi connectivity index (χ3v) is 6.11. The van der Waals surface area contributed by atoms with Crippen LogP contribution in [0.2, 0.25) is 5.02 Å². The van der Waals surface area contributed by atoms with Gasteiger partial charge in [0.25, 0.3) is 5.91 Å². The number of hydrogen-bond donors (Lipinski definition) is 1. The molecule has 0 saturated carbocycles. The zero-order chi connectivity index (χ0) is 23.8. The van der Waals surface area contributed by atoms with Crippen LogP contribution in [0.4, 0.5) is 0 Å². The maximum atomic E-state index is 12.5. The minimum absolute atomic E-state index is 0.313. The van der Waals surface area contributed by atoms with E-state index in [1.54, 1.807) is 24.4 Å². The van der Waals surface area contributed by atoms with Crippen molar-refractivity contribution in [3.05, 3.63) is 84.4 Å². The van der Waals surface area contributed by atoms with Crippen molar-refractivity contribution in [2.75, 3.05) is 13.7 Å². The molecule has 0 aliphatic rings. The van der Waals surface area contributed by atoms with E-state index in [0.29, 0.717) is 41.0 Å². The van der Waals surface area contributed by atoms with Gasteiger partial charge in [-0.3, -0.25) is 4.79 Å². The first-order valence-electron chi connectivity index (χ1n) is 9.92. The lowest BCUT2D eigenvalue weighted by Crippen LogP contribution is -2.18. The predicted octanol–water partition coefficient (Wildman–Crippen LogP) is 6.46. The van der Waals surface area contributed by atoms with Crippen LogP contribution >= 0.6 is 50.1 Å². The van der Waals surface area contributed by atoms with Gasteiger partial charge in [-0.25, -0.2) is 5.43 Å². The molecule has 0 radical (unpaired) electrons. The Kier molecular flexibility index (Phi) is 9.40. The van der Waals surface area contributed by atoms with Gasteiger partial charge in [-0.2, -0.15) is 5.10 Å². The number of nitrogens with one attached hydrogen (secondary N) is 1. The van der Waals surface area contributed by atoms with E-state index >= 15 is 0 Å². The fourth-order valence-electron chi connectivity index (χ4n) is 2.91. The predicted molar refractivity (Wildman–Crippen MR) is 142 cm³/mol. The Morgan fingerprint density at radius 3 is 2.67 bits per heavy atom. The molecule has 0 aliphatic heterocycles. The van der Waals surface area contributed by atoms with E-state index in [1.807, 2.05) is 43.3 Å². The number of carbonyl (C=O) groups excluding carboxylic acids is 1. The highest BCUT2D eigenvalue weighted by Gasteiger charge is 2.14. The summed E-state index contributed by atoms with van der Waals surface area (Å²) < 4.78 is 18.7. The van der Waals surface area contributed by atoms with Crippen molar-refractivity contribution in [3.8, 4) is 17.2 Å². The van der Waals surface area contributed by atoms with Crippen molar-refractivity contribution in [2.24, 2.45) is 5.10 Å². The number of carbonyl (C=O) groups is 1. The summed E-state index contributed by atoms with van der Waals surface area (Å²) in [5.41, 5.74) is 4.53. The number of hydrazone groups is 1. The zero-order valence-corrected chi connectivity index (χ0v) is 22.4. The van der Waals surface area contributed by atoms with Gasteiger partial charge in [0.1, 0.15) is 12.4 Å². The van der Waals surface area contributed by atoms with Crippen LogP contribution in [0.15, 0.2) is 64.2 Å². The molecule has 0 fully saturated rings. The average Bonchev–Trinajstić information content (AvgIpc) is 2.79. The second-order valence-electron chi connectivity index (χ2n) is 6.69. The molecule has 6 nitrogen and oxygen atoms in total. The summed E-state index contributed by atoms with van der Waals surface area (Å²) in [5, 5.41) is 4.73. The Labute approximate surface area is 219 Å². The van der Waals surface area contributed by atoms with Crippen molar-refractivity contribution in [2.45, 2.75) is 13.5 Å². The molecule has 172 valence electrons. The smallest absolute Gasteiger partial charge is 0.275 e. The van der Waals surface area contributed by atoms with E-state index in [9.17, 15) is 4.79 Å². The maximum Gasteiger partial charge on any atom is 0.275 e. The third kappa shape index (κ3) is 6.84.